The van der Waals surface area contributed by atoms with Crippen LogP contribution in [-0.4, -0.2) is 0 Å². The molecule has 1 unspecified atom stereocenters. The highest BCUT2D eigenvalue weighted by Crippen LogP contribution is 2.50. The lowest BCUT2D eigenvalue weighted by Crippen LogP contribution is -2.12. The summed E-state index contributed by atoms with van der Waals surface area (Å²) < 4.78 is 9.19. The van der Waals surface area contributed by atoms with Gasteiger partial charge in [0.15, 0.2) is 0 Å². The molecule has 3 heteroatoms. The number of hydrogen-bond acceptors (Lipinski definition) is 3. The molecule has 0 amide bonds. The molecule has 2 nitrogen and oxygen atoms in total. The molecule has 1 aliphatic rings. The molecule has 6 aromatic carbocycles. The molecular formula is C42H31NOS. The minimum atomic E-state index is 0.354. The minimum absolute atomic E-state index is 0.354. The van der Waals surface area contributed by atoms with Crippen LogP contribution in [0.2, 0.25) is 0 Å². The van der Waals surface area contributed by atoms with Crippen molar-refractivity contribution < 1.29 is 4.42 Å². The number of para-hydroxylation sites is 1. The molecule has 0 radical (unpaired) electrons. The number of furan rings is 1. The first-order valence-corrected chi connectivity index (χ1v) is 16.4. The minimum Gasteiger partial charge on any atom is -0.456 e. The summed E-state index contributed by atoms with van der Waals surface area (Å²) in [5.41, 5.74) is 9.16. The van der Waals surface area contributed by atoms with Crippen LogP contribution in [0, 0.1) is 13.8 Å². The van der Waals surface area contributed by atoms with Gasteiger partial charge in [0.1, 0.15) is 11.2 Å². The molecule has 45 heavy (non-hydrogen) atoms. The Bertz CT molecular complexity index is 2490. The summed E-state index contributed by atoms with van der Waals surface area (Å²) in [5.74, 6) is 0.354. The number of thiophene rings is 1. The maximum atomic E-state index is 6.57. The van der Waals surface area contributed by atoms with Gasteiger partial charge in [-0.15, -0.1) is 11.3 Å². The number of rotatable bonds is 4. The summed E-state index contributed by atoms with van der Waals surface area (Å²) in [6, 6.07) is 39.9. The Hall–Kier alpha value is -5.12. The van der Waals surface area contributed by atoms with Crippen LogP contribution in [0.15, 0.2) is 138 Å². The van der Waals surface area contributed by atoms with Gasteiger partial charge in [-0.2, -0.15) is 0 Å². The van der Waals surface area contributed by atoms with E-state index in [0.717, 1.165) is 34.3 Å². The van der Waals surface area contributed by atoms with Crippen LogP contribution in [0.4, 0.5) is 17.1 Å². The summed E-state index contributed by atoms with van der Waals surface area (Å²) in [4.78, 5) is 2.48. The van der Waals surface area contributed by atoms with Crippen molar-refractivity contribution in [2.24, 2.45) is 0 Å². The zero-order valence-electron chi connectivity index (χ0n) is 25.2. The highest BCUT2D eigenvalue weighted by molar-refractivity contribution is 7.26. The molecule has 216 valence electrons. The van der Waals surface area contributed by atoms with Crippen molar-refractivity contribution >= 4 is 81.3 Å². The lowest BCUT2D eigenvalue weighted by atomic mass is 9.89. The third-order valence-electron chi connectivity index (χ3n) is 9.23. The summed E-state index contributed by atoms with van der Waals surface area (Å²) in [6.07, 6.45) is 10.0. The van der Waals surface area contributed by atoms with Gasteiger partial charge < -0.3 is 9.32 Å². The molecule has 1 aliphatic carbocycles. The average molecular weight is 598 g/mol. The van der Waals surface area contributed by atoms with Crippen LogP contribution in [-0.2, 0) is 0 Å². The van der Waals surface area contributed by atoms with Gasteiger partial charge >= 0.3 is 0 Å². The summed E-state index contributed by atoms with van der Waals surface area (Å²) >= 11 is 1.90. The number of allylic oxidation sites excluding steroid dienone is 4. The highest BCUT2D eigenvalue weighted by Gasteiger charge is 2.25. The normalized spacial score (nSPS) is 14.8. The van der Waals surface area contributed by atoms with E-state index in [-0.39, 0.29) is 0 Å². The van der Waals surface area contributed by atoms with Gasteiger partial charge in [0, 0.05) is 49.3 Å². The largest absolute Gasteiger partial charge is 0.456 e. The standard InChI is InChI=1S/C42H31NOS/c1-26-22-27(2)24-29(23-26)43(36-25-38-40(32-15-7-6-14-31(32)36)33-16-8-10-18-37(33)44-38)35-21-20-30(28-12-4-3-5-13-28)41-34-17-9-11-19-39(34)45-42(35)41/h3-12,14-25,28H,13H2,1-2H3. The SMILES string of the molecule is Cc1cc(C)cc(N(c2cc3oc4ccccc4c3c3ccccc23)c2ccc(C3C=CC=CC3)c3c2sc2ccccc23)c1. The second-order valence-electron chi connectivity index (χ2n) is 12.2. The van der Waals surface area contributed by atoms with Crippen molar-refractivity contribution in [3.8, 4) is 0 Å². The number of nitrogens with zero attached hydrogens (tertiary/aromatic N) is 1. The Morgan fingerprint density at radius 1 is 0.644 bits per heavy atom. The summed E-state index contributed by atoms with van der Waals surface area (Å²) in [7, 11) is 0. The Kier molecular flexibility index (Phi) is 5.97. The molecule has 0 aliphatic heterocycles. The van der Waals surface area contributed by atoms with Gasteiger partial charge in [0.25, 0.3) is 0 Å². The molecule has 2 heterocycles. The van der Waals surface area contributed by atoms with Crippen LogP contribution < -0.4 is 4.90 Å². The third-order valence-corrected chi connectivity index (χ3v) is 10.4. The molecule has 0 spiro atoms. The van der Waals surface area contributed by atoms with Gasteiger partial charge in [-0.1, -0.05) is 97.1 Å². The van der Waals surface area contributed by atoms with Crippen LogP contribution in [0.3, 0.4) is 0 Å². The van der Waals surface area contributed by atoms with Crippen LogP contribution in [0.25, 0.3) is 52.9 Å². The van der Waals surface area contributed by atoms with Gasteiger partial charge in [-0.05, 0) is 72.7 Å². The molecule has 0 saturated heterocycles. The predicted octanol–water partition coefficient (Wildman–Crippen LogP) is 12.8. The maximum absolute atomic E-state index is 6.57. The highest BCUT2D eigenvalue weighted by atomic mass is 32.1. The molecule has 9 rings (SSSR count). The molecular weight excluding hydrogens is 567 g/mol. The van der Waals surface area contributed by atoms with E-state index in [9.17, 15) is 0 Å². The lowest BCUT2D eigenvalue weighted by Gasteiger charge is -2.29. The fraction of sp³-hybridized carbons (Fsp3) is 0.0952. The topological polar surface area (TPSA) is 16.4 Å². The Morgan fingerprint density at radius 3 is 2.18 bits per heavy atom. The predicted molar refractivity (Wildman–Crippen MR) is 194 cm³/mol. The van der Waals surface area contributed by atoms with E-state index in [0.29, 0.717) is 5.92 Å². The third kappa shape index (κ3) is 4.15. The monoisotopic (exact) mass is 597 g/mol. The van der Waals surface area contributed by atoms with E-state index < -0.39 is 0 Å². The summed E-state index contributed by atoms with van der Waals surface area (Å²) in [5, 5.41) is 7.42. The second kappa shape index (κ2) is 10.2. The molecule has 2 aromatic heterocycles. The van der Waals surface area contributed by atoms with Crippen LogP contribution in [0.5, 0.6) is 0 Å². The first kappa shape index (κ1) is 26.3. The van der Waals surface area contributed by atoms with E-state index in [4.69, 9.17) is 4.42 Å². The number of benzene rings is 6. The zero-order chi connectivity index (χ0) is 30.1. The fourth-order valence-electron chi connectivity index (χ4n) is 7.38. The molecule has 0 fully saturated rings. The van der Waals surface area contributed by atoms with Crippen molar-refractivity contribution in [2.75, 3.05) is 4.90 Å². The number of anilines is 3. The van der Waals surface area contributed by atoms with Crippen LogP contribution in [0.1, 0.15) is 29.0 Å². The Morgan fingerprint density at radius 2 is 1.38 bits per heavy atom. The van der Waals surface area contributed by atoms with Gasteiger partial charge in [-0.3, -0.25) is 0 Å². The number of aryl methyl sites for hydroxylation is 2. The van der Waals surface area contributed by atoms with E-state index in [1.165, 1.54) is 58.7 Å². The van der Waals surface area contributed by atoms with E-state index in [1.54, 1.807) is 0 Å². The zero-order valence-corrected chi connectivity index (χ0v) is 26.1. The van der Waals surface area contributed by atoms with Crippen molar-refractivity contribution in [2.45, 2.75) is 26.2 Å². The Balaban J connectivity index is 1.41. The smallest absolute Gasteiger partial charge is 0.138 e. The van der Waals surface area contributed by atoms with Crippen molar-refractivity contribution in [3.05, 3.63) is 150 Å². The molecule has 8 aromatic rings. The van der Waals surface area contributed by atoms with E-state index in [1.807, 2.05) is 17.4 Å². The average Bonchev–Trinajstić information content (AvgIpc) is 3.64. The second-order valence-corrected chi connectivity index (χ2v) is 13.3. The maximum Gasteiger partial charge on any atom is 0.138 e. The Labute approximate surface area is 266 Å². The van der Waals surface area contributed by atoms with Crippen molar-refractivity contribution in [1.29, 1.82) is 0 Å². The van der Waals surface area contributed by atoms with Crippen LogP contribution >= 0.6 is 11.3 Å². The van der Waals surface area contributed by atoms with Gasteiger partial charge in [0.05, 0.1) is 16.1 Å². The van der Waals surface area contributed by atoms with E-state index in [2.05, 4.69) is 146 Å². The fourth-order valence-corrected chi connectivity index (χ4v) is 8.62. The molecule has 0 saturated carbocycles. The molecule has 1 atom stereocenters. The first-order chi connectivity index (χ1) is 22.1. The quantitative estimate of drug-likeness (QED) is 0.201. The van der Waals surface area contributed by atoms with Gasteiger partial charge in [0.2, 0.25) is 0 Å². The van der Waals surface area contributed by atoms with Gasteiger partial charge in [-0.25, -0.2) is 0 Å². The lowest BCUT2D eigenvalue weighted by molar-refractivity contribution is 0.669. The molecule has 0 bridgehead atoms. The first-order valence-electron chi connectivity index (χ1n) is 15.6. The summed E-state index contributed by atoms with van der Waals surface area (Å²) in [6.45, 7) is 4.38. The van der Waals surface area contributed by atoms with E-state index >= 15 is 0 Å². The number of hydrogen-bond donors (Lipinski definition) is 0. The van der Waals surface area contributed by atoms with Crippen molar-refractivity contribution in [3.63, 3.8) is 0 Å². The number of fused-ring (bicyclic) bond motifs is 8. The molecule has 0 N–H and O–H groups in total. The van der Waals surface area contributed by atoms with Crippen molar-refractivity contribution in [1.82, 2.24) is 0 Å².